The molecule has 2 N–H and O–H groups in total. The summed E-state index contributed by atoms with van der Waals surface area (Å²) in [6, 6.07) is 5.76. The first-order valence-corrected chi connectivity index (χ1v) is 7.35. The van der Waals surface area contributed by atoms with E-state index in [-0.39, 0.29) is 0 Å². The number of hydrogen-bond donors (Lipinski definition) is 2. The molecule has 2 bridgehead atoms. The molecule has 0 saturated carbocycles. The first-order chi connectivity index (χ1) is 10.2. The van der Waals surface area contributed by atoms with Crippen molar-refractivity contribution in [3.8, 4) is 5.75 Å². The van der Waals surface area contributed by atoms with Crippen LogP contribution in [0.2, 0.25) is 0 Å². The lowest BCUT2D eigenvalue weighted by atomic mass is 9.79. The van der Waals surface area contributed by atoms with Gasteiger partial charge in [0.15, 0.2) is 0 Å². The standard InChI is InChI=1S/C15H21BN2O3/c1-21-15-9-12(8-13(10-15)16(19)20)2-3-14-11-17-4-6-18(14)7-5-17/h2-3,8-10,14,19-20H,4-7,11H2,1H3/b3-2+. The molecule has 3 aliphatic heterocycles. The molecule has 21 heavy (non-hydrogen) atoms. The Morgan fingerprint density at radius 2 is 1.95 bits per heavy atom. The molecule has 0 aromatic heterocycles. The third-order valence-corrected chi connectivity index (χ3v) is 4.32. The highest BCUT2D eigenvalue weighted by atomic mass is 16.5. The molecule has 0 spiro atoms. The van der Waals surface area contributed by atoms with Gasteiger partial charge in [-0.25, -0.2) is 0 Å². The summed E-state index contributed by atoms with van der Waals surface area (Å²) >= 11 is 0. The van der Waals surface area contributed by atoms with Crippen molar-refractivity contribution in [2.24, 2.45) is 0 Å². The van der Waals surface area contributed by atoms with E-state index in [4.69, 9.17) is 4.74 Å². The fourth-order valence-electron chi connectivity index (χ4n) is 3.07. The summed E-state index contributed by atoms with van der Waals surface area (Å²) in [5.74, 6) is 0.634. The molecule has 0 aliphatic carbocycles. The van der Waals surface area contributed by atoms with Crippen LogP contribution in [-0.2, 0) is 0 Å². The van der Waals surface area contributed by atoms with Gasteiger partial charge in [-0.1, -0.05) is 18.2 Å². The SMILES string of the molecule is COc1cc(/C=C/C2CN3CCN2CC3)cc(B(O)O)c1. The Balaban J connectivity index is 1.77. The second-order valence-electron chi connectivity index (χ2n) is 5.68. The highest BCUT2D eigenvalue weighted by Crippen LogP contribution is 2.18. The number of hydrogen-bond acceptors (Lipinski definition) is 5. The van der Waals surface area contributed by atoms with Crippen LogP contribution in [0.3, 0.4) is 0 Å². The minimum absolute atomic E-state index is 0.446. The van der Waals surface area contributed by atoms with E-state index in [2.05, 4.69) is 15.9 Å². The summed E-state index contributed by atoms with van der Waals surface area (Å²) in [7, 11) is 0.0999. The molecule has 3 fully saturated rings. The zero-order valence-corrected chi connectivity index (χ0v) is 12.3. The molecule has 3 heterocycles. The molecule has 0 radical (unpaired) electrons. The van der Waals surface area contributed by atoms with Crippen LogP contribution in [0.1, 0.15) is 5.56 Å². The third kappa shape index (κ3) is 3.29. The number of fused-ring (bicyclic) bond motifs is 3. The fraction of sp³-hybridized carbons (Fsp3) is 0.467. The van der Waals surface area contributed by atoms with Crippen molar-refractivity contribution in [1.82, 2.24) is 9.80 Å². The maximum atomic E-state index is 9.33. The van der Waals surface area contributed by atoms with Gasteiger partial charge in [-0.15, -0.1) is 0 Å². The molecule has 0 amide bonds. The van der Waals surface area contributed by atoms with Crippen LogP contribution in [0.15, 0.2) is 24.3 Å². The smallest absolute Gasteiger partial charge is 0.488 e. The molecule has 3 saturated heterocycles. The summed E-state index contributed by atoms with van der Waals surface area (Å²) in [5, 5.41) is 18.7. The van der Waals surface area contributed by atoms with E-state index in [0.29, 0.717) is 17.3 Å². The minimum Gasteiger partial charge on any atom is -0.497 e. The quantitative estimate of drug-likeness (QED) is 0.724. The Bertz CT molecular complexity index is 528. The molecule has 1 aromatic rings. The minimum atomic E-state index is -1.48. The van der Waals surface area contributed by atoms with E-state index in [1.165, 1.54) is 13.1 Å². The van der Waals surface area contributed by atoms with Gasteiger partial charge >= 0.3 is 7.12 Å². The van der Waals surface area contributed by atoms with Crippen molar-refractivity contribution < 1.29 is 14.8 Å². The normalized spacial score (nSPS) is 28.0. The van der Waals surface area contributed by atoms with Gasteiger partial charge in [0.2, 0.25) is 0 Å². The van der Waals surface area contributed by atoms with E-state index >= 15 is 0 Å². The Hall–Kier alpha value is -1.34. The van der Waals surface area contributed by atoms with Crippen molar-refractivity contribution in [2.45, 2.75) is 6.04 Å². The Labute approximate surface area is 125 Å². The molecule has 1 unspecified atom stereocenters. The first-order valence-electron chi connectivity index (χ1n) is 7.35. The Morgan fingerprint density at radius 1 is 1.19 bits per heavy atom. The van der Waals surface area contributed by atoms with Crippen molar-refractivity contribution in [2.75, 3.05) is 39.8 Å². The Morgan fingerprint density at radius 3 is 2.52 bits per heavy atom. The zero-order chi connectivity index (χ0) is 14.8. The van der Waals surface area contributed by atoms with Gasteiger partial charge < -0.3 is 14.8 Å². The lowest BCUT2D eigenvalue weighted by Gasteiger charge is -2.46. The Kier molecular flexibility index (Phi) is 4.31. The summed E-state index contributed by atoms with van der Waals surface area (Å²) in [4.78, 5) is 4.99. The van der Waals surface area contributed by atoms with Gasteiger partial charge in [0.25, 0.3) is 0 Å². The molecule has 3 aliphatic rings. The summed E-state index contributed by atoms with van der Waals surface area (Å²) in [5.41, 5.74) is 1.37. The van der Waals surface area contributed by atoms with Gasteiger partial charge in [-0.3, -0.25) is 9.80 Å². The lowest BCUT2D eigenvalue weighted by Crippen LogP contribution is -2.60. The summed E-state index contributed by atoms with van der Waals surface area (Å²) in [6.45, 7) is 5.69. The third-order valence-electron chi connectivity index (χ3n) is 4.32. The van der Waals surface area contributed by atoms with Crippen LogP contribution >= 0.6 is 0 Å². The highest BCUT2D eigenvalue weighted by molar-refractivity contribution is 6.58. The molecule has 1 aromatic carbocycles. The predicted octanol–water partition coefficient (Wildman–Crippen LogP) is -0.612. The van der Waals surface area contributed by atoms with E-state index in [1.807, 2.05) is 12.1 Å². The van der Waals surface area contributed by atoms with Crippen LogP contribution in [-0.4, -0.2) is 72.8 Å². The molecule has 5 nitrogen and oxygen atoms in total. The average Bonchev–Trinajstić information content (AvgIpc) is 2.53. The molecule has 1 atom stereocenters. The summed E-state index contributed by atoms with van der Waals surface area (Å²) in [6.07, 6.45) is 4.24. The van der Waals surface area contributed by atoms with Crippen LogP contribution < -0.4 is 10.2 Å². The van der Waals surface area contributed by atoms with E-state index in [0.717, 1.165) is 25.2 Å². The van der Waals surface area contributed by atoms with Crippen molar-refractivity contribution in [3.63, 3.8) is 0 Å². The van der Waals surface area contributed by atoms with Crippen LogP contribution in [0.25, 0.3) is 6.08 Å². The molecular weight excluding hydrogens is 267 g/mol. The molecule has 112 valence electrons. The molecular formula is C15H21BN2O3. The summed E-state index contributed by atoms with van der Waals surface area (Å²) < 4.78 is 5.21. The van der Waals surface area contributed by atoms with Crippen molar-refractivity contribution in [3.05, 3.63) is 29.8 Å². The van der Waals surface area contributed by atoms with Gasteiger partial charge in [0.05, 0.1) is 7.11 Å². The molecule has 6 heteroatoms. The number of benzene rings is 1. The van der Waals surface area contributed by atoms with Gasteiger partial charge in [0.1, 0.15) is 5.75 Å². The number of piperazine rings is 3. The topological polar surface area (TPSA) is 56.2 Å². The van der Waals surface area contributed by atoms with E-state index < -0.39 is 7.12 Å². The number of ether oxygens (including phenoxy) is 1. The molecule has 4 rings (SSSR count). The number of nitrogens with zero attached hydrogens (tertiary/aromatic N) is 2. The van der Waals surface area contributed by atoms with Gasteiger partial charge in [-0.05, 0) is 23.2 Å². The zero-order valence-electron chi connectivity index (χ0n) is 12.3. The second kappa shape index (κ2) is 6.19. The van der Waals surface area contributed by atoms with Crippen molar-refractivity contribution in [1.29, 1.82) is 0 Å². The second-order valence-corrected chi connectivity index (χ2v) is 5.68. The van der Waals surface area contributed by atoms with Crippen LogP contribution in [0, 0.1) is 0 Å². The fourth-order valence-corrected chi connectivity index (χ4v) is 3.07. The van der Waals surface area contributed by atoms with E-state index in [9.17, 15) is 10.0 Å². The number of rotatable bonds is 4. The highest BCUT2D eigenvalue weighted by Gasteiger charge is 2.29. The number of methoxy groups -OCH3 is 1. The maximum Gasteiger partial charge on any atom is 0.488 e. The lowest BCUT2D eigenvalue weighted by molar-refractivity contribution is 0.0335. The first kappa shape index (κ1) is 14.6. The van der Waals surface area contributed by atoms with Gasteiger partial charge in [-0.2, -0.15) is 0 Å². The van der Waals surface area contributed by atoms with Crippen molar-refractivity contribution >= 4 is 18.7 Å². The van der Waals surface area contributed by atoms with Crippen LogP contribution in [0.4, 0.5) is 0 Å². The van der Waals surface area contributed by atoms with Crippen LogP contribution in [0.5, 0.6) is 5.75 Å². The average molecular weight is 288 g/mol. The van der Waals surface area contributed by atoms with Gasteiger partial charge in [0, 0.05) is 38.8 Å². The maximum absolute atomic E-state index is 9.33. The largest absolute Gasteiger partial charge is 0.497 e. The van der Waals surface area contributed by atoms with E-state index in [1.54, 1.807) is 19.2 Å². The predicted molar refractivity (Wildman–Crippen MR) is 83.7 cm³/mol. The monoisotopic (exact) mass is 288 g/mol.